The van der Waals surface area contributed by atoms with Crippen molar-refractivity contribution < 1.29 is 9.59 Å². The summed E-state index contributed by atoms with van der Waals surface area (Å²) in [5.41, 5.74) is 1.21. The Morgan fingerprint density at radius 3 is 2.61 bits per heavy atom. The average molecular weight is 315 g/mol. The van der Waals surface area contributed by atoms with Crippen LogP contribution < -0.4 is 5.32 Å². The molecule has 124 valence electrons. The summed E-state index contributed by atoms with van der Waals surface area (Å²) in [5.74, 6) is 0.736. The predicted molar refractivity (Wildman–Crippen MR) is 88.9 cm³/mol. The molecule has 1 aromatic carbocycles. The zero-order valence-corrected chi connectivity index (χ0v) is 13.9. The molecule has 2 heterocycles. The number of carbonyl (C=O) groups excluding carboxylic acids is 2. The lowest BCUT2D eigenvalue weighted by Crippen LogP contribution is -2.45. The molecule has 3 rings (SSSR count). The highest BCUT2D eigenvalue weighted by Gasteiger charge is 2.47. The molecule has 5 heteroatoms. The van der Waals surface area contributed by atoms with E-state index in [9.17, 15) is 9.59 Å². The van der Waals surface area contributed by atoms with Gasteiger partial charge in [0.15, 0.2) is 0 Å². The fourth-order valence-corrected chi connectivity index (χ4v) is 3.95. The zero-order chi connectivity index (χ0) is 16.4. The second-order valence-electron chi connectivity index (χ2n) is 6.64. The van der Waals surface area contributed by atoms with Crippen LogP contribution in [0.15, 0.2) is 30.3 Å². The van der Waals surface area contributed by atoms with Crippen LogP contribution in [0, 0.1) is 5.92 Å². The second kappa shape index (κ2) is 6.71. The number of amides is 2. The molecular weight excluding hydrogens is 290 g/mol. The predicted octanol–water partition coefficient (Wildman–Crippen LogP) is 0.896. The maximum atomic E-state index is 12.5. The first-order valence-electron chi connectivity index (χ1n) is 8.35. The summed E-state index contributed by atoms with van der Waals surface area (Å²) in [4.78, 5) is 28.5. The molecule has 0 spiro atoms. The largest absolute Gasteiger partial charge is 0.358 e. The summed E-state index contributed by atoms with van der Waals surface area (Å²) in [6, 6.07) is 10.4. The maximum absolute atomic E-state index is 12.5. The molecule has 2 amide bonds. The molecule has 2 saturated heterocycles. The number of nitrogens with zero attached hydrogens (tertiary/aromatic N) is 2. The summed E-state index contributed by atoms with van der Waals surface area (Å²) in [5, 5.41) is 2.74. The number of carbonyl (C=O) groups is 2. The first-order chi connectivity index (χ1) is 11.1. The van der Waals surface area contributed by atoms with E-state index in [0.29, 0.717) is 18.4 Å². The minimum atomic E-state index is -0.0448. The van der Waals surface area contributed by atoms with Gasteiger partial charge in [0, 0.05) is 32.6 Å². The van der Waals surface area contributed by atoms with Gasteiger partial charge in [-0.25, -0.2) is 0 Å². The first kappa shape index (κ1) is 16.0. The number of rotatable bonds is 4. The molecule has 0 unspecified atom stereocenters. The van der Waals surface area contributed by atoms with Crippen molar-refractivity contribution in [2.45, 2.75) is 31.3 Å². The van der Waals surface area contributed by atoms with Crippen molar-refractivity contribution >= 4 is 11.8 Å². The van der Waals surface area contributed by atoms with Crippen molar-refractivity contribution in [3.05, 3.63) is 35.9 Å². The van der Waals surface area contributed by atoms with Gasteiger partial charge in [-0.3, -0.25) is 14.5 Å². The molecule has 1 N–H and O–H groups in total. The van der Waals surface area contributed by atoms with Crippen molar-refractivity contribution in [2.75, 3.05) is 27.2 Å². The fourth-order valence-electron chi connectivity index (χ4n) is 3.95. The highest BCUT2D eigenvalue weighted by atomic mass is 16.2. The van der Waals surface area contributed by atoms with E-state index >= 15 is 0 Å². The summed E-state index contributed by atoms with van der Waals surface area (Å²) < 4.78 is 0. The molecule has 0 bridgehead atoms. The van der Waals surface area contributed by atoms with E-state index in [1.54, 1.807) is 7.05 Å². The third-order valence-electron chi connectivity index (χ3n) is 5.32. The number of hydrogen-bond acceptors (Lipinski definition) is 3. The van der Waals surface area contributed by atoms with Gasteiger partial charge in [-0.1, -0.05) is 30.3 Å². The van der Waals surface area contributed by atoms with Gasteiger partial charge in [0.2, 0.25) is 11.8 Å². The van der Waals surface area contributed by atoms with E-state index in [1.807, 2.05) is 30.1 Å². The maximum Gasteiger partial charge on any atom is 0.237 e. The molecule has 0 aromatic heterocycles. The Morgan fingerprint density at radius 1 is 1.22 bits per heavy atom. The van der Waals surface area contributed by atoms with Gasteiger partial charge in [-0.2, -0.15) is 0 Å². The van der Waals surface area contributed by atoms with Crippen LogP contribution in [-0.2, 0) is 16.0 Å². The van der Waals surface area contributed by atoms with Crippen LogP contribution in [0.5, 0.6) is 0 Å². The zero-order valence-electron chi connectivity index (χ0n) is 13.9. The van der Waals surface area contributed by atoms with Crippen LogP contribution in [0.1, 0.15) is 18.4 Å². The number of likely N-dealkylation sites (N-methyl/N-ethyl adjacent to an activating group) is 2. The van der Waals surface area contributed by atoms with Crippen LogP contribution in [0.4, 0.5) is 0 Å². The van der Waals surface area contributed by atoms with Crippen molar-refractivity contribution in [3.63, 3.8) is 0 Å². The Balaban J connectivity index is 1.53. The van der Waals surface area contributed by atoms with Crippen LogP contribution in [-0.4, -0.2) is 60.9 Å². The van der Waals surface area contributed by atoms with Gasteiger partial charge in [0.25, 0.3) is 0 Å². The third-order valence-corrected chi connectivity index (χ3v) is 5.32. The van der Waals surface area contributed by atoms with E-state index in [0.717, 1.165) is 25.9 Å². The lowest BCUT2D eigenvalue weighted by atomic mass is 10.0. The van der Waals surface area contributed by atoms with Gasteiger partial charge in [0.1, 0.15) is 0 Å². The molecule has 1 aromatic rings. The van der Waals surface area contributed by atoms with Crippen molar-refractivity contribution in [2.24, 2.45) is 5.92 Å². The van der Waals surface area contributed by atoms with Gasteiger partial charge in [-0.15, -0.1) is 0 Å². The van der Waals surface area contributed by atoms with Crippen LogP contribution in [0.3, 0.4) is 0 Å². The molecule has 0 aliphatic carbocycles. The Hall–Kier alpha value is -1.88. The summed E-state index contributed by atoms with van der Waals surface area (Å²) in [6.07, 6.45) is 2.21. The number of aryl methyl sites for hydroxylation is 1. The monoisotopic (exact) mass is 315 g/mol. The van der Waals surface area contributed by atoms with Crippen molar-refractivity contribution in [1.29, 1.82) is 0 Å². The fraction of sp³-hybridized carbons (Fsp3) is 0.556. The Morgan fingerprint density at radius 2 is 1.96 bits per heavy atom. The van der Waals surface area contributed by atoms with Crippen LogP contribution in [0.25, 0.3) is 0 Å². The number of fused-ring (bicyclic) bond motifs is 1. The molecule has 0 saturated carbocycles. The van der Waals surface area contributed by atoms with Crippen molar-refractivity contribution in [1.82, 2.24) is 15.1 Å². The Labute approximate surface area is 137 Å². The Kier molecular flexibility index (Phi) is 4.66. The Bertz CT molecular complexity index is 575. The average Bonchev–Trinajstić information content (AvgIpc) is 3.13. The number of hydrogen-bond donors (Lipinski definition) is 1. The van der Waals surface area contributed by atoms with E-state index in [1.165, 1.54) is 5.56 Å². The van der Waals surface area contributed by atoms with E-state index < -0.39 is 0 Å². The van der Waals surface area contributed by atoms with Crippen LogP contribution >= 0.6 is 0 Å². The van der Waals surface area contributed by atoms with Gasteiger partial charge < -0.3 is 10.2 Å². The van der Waals surface area contributed by atoms with E-state index in [4.69, 9.17) is 0 Å². The molecule has 23 heavy (non-hydrogen) atoms. The number of nitrogens with one attached hydrogen (secondary N) is 1. The summed E-state index contributed by atoms with van der Waals surface area (Å²) in [6.45, 7) is 1.54. The van der Waals surface area contributed by atoms with E-state index in [2.05, 4.69) is 22.3 Å². The molecule has 5 nitrogen and oxygen atoms in total. The summed E-state index contributed by atoms with van der Waals surface area (Å²) in [7, 11) is 3.69. The minimum absolute atomic E-state index is 0.0448. The molecule has 2 aliphatic rings. The van der Waals surface area contributed by atoms with Crippen molar-refractivity contribution in [3.8, 4) is 0 Å². The first-order valence-corrected chi connectivity index (χ1v) is 8.35. The minimum Gasteiger partial charge on any atom is -0.358 e. The molecular formula is C18H25N3O2. The quantitative estimate of drug-likeness (QED) is 0.898. The SMILES string of the molecule is CNC(=O)[C@H]1C[C@@H]2CN(C(=O)CCc3ccccc3)C[C@@H]2N1C. The lowest BCUT2D eigenvalue weighted by molar-refractivity contribution is -0.130. The third kappa shape index (κ3) is 3.24. The second-order valence-corrected chi connectivity index (χ2v) is 6.64. The normalized spacial score (nSPS) is 27.0. The van der Waals surface area contributed by atoms with Crippen LogP contribution in [0.2, 0.25) is 0 Å². The lowest BCUT2D eigenvalue weighted by Gasteiger charge is -2.25. The van der Waals surface area contributed by atoms with E-state index in [-0.39, 0.29) is 17.9 Å². The molecule has 2 aliphatic heterocycles. The summed E-state index contributed by atoms with van der Waals surface area (Å²) >= 11 is 0. The molecule has 2 fully saturated rings. The number of likely N-dealkylation sites (tertiary alicyclic amines) is 2. The molecule has 0 radical (unpaired) electrons. The van der Waals surface area contributed by atoms with Gasteiger partial charge in [-0.05, 0) is 31.4 Å². The highest BCUT2D eigenvalue weighted by molar-refractivity contribution is 5.82. The van der Waals surface area contributed by atoms with Gasteiger partial charge >= 0.3 is 0 Å². The standard InChI is InChI=1S/C18H25N3O2/c1-19-18(23)15-10-14-11-21(12-16(14)20(15)2)17(22)9-8-13-6-4-3-5-7-13/h3-7,14-16H,8-12H2,1-2H3,(H,19,23)/t14-,15-,16+/m1/s1. The van der Waals surface area contributed by atoms with Gasteiger partial charge in [0.05, 0.1) is 6.04 Å². The number of benzene rings is 1. The smallest absolute Gasteiger partial charge is 0.237 e. The highest BCUT2D eigenvalue weighted by Crippen LogP contribution is 2.34. The molecule has 3 atom stereocenters. The topological polar surface area (TPSA) is 52.7 Å².